The van der Waals surface area contributed by atoms with E-state index in [1.807, 2.05) is 35.7 Å². The smallest absolute Gasteiger partial charge is 0.209 e. The highest BCUT2D eigenvalue weighted by molar-refractivity contribution is 7.13. The van der Waals surface area contributed by atoms with Crippen molar-refractivity contribution in [1.82, 2.24) is 4.98 Å². The molecule has 0 bridgehead atoms. The lowest BCUT2D eigenvalue weighted by Gasteiger charge is -2.17. The zero-order chi connectivity index (χ0) is 19.0. The van der Waals surface area contributed by atoms with E-state index in [0.717, 1.165) is 40.3 Å². The maximum absolute atomic E-state index is 6.03. The Hall–Kier alpha value is -2.37. The minimum Gasteiger partial charge on any atom is -0.493 e. The largest absolute Gasteiger partial charge is 0.493 e. The van der Waals surface area contributed by atoms with Gasteiger partial charge in [0.15, 0.2) is 11.5 Å². The molecule has 1 aliphatic heterocycles. The third-order valence-corrected chi connectivity index (χ3v) is 5.33. The molecule has 0 saturated carbocycles. The molecule has 0 aliphatic carbocycles. The highest BCUT2D eigenvalue weighted by atomic mass is 35.5. The lowest BCUT2D eigenvalue weighted by molar-refractivity contribution is 0.134. The number of thiazole rings is 1. The molecule has 6 heteroatoms. The fraction of sp³-hybridized carbons (Fsp3) is 0.238. The summed E-state index contributed by atoms with van der Waals surface area (Å²) < 4.78 is 11.6. The minimum absolute atomic E-state index is 0.218. The van der Waals surface area contributed by atoms with E-state index in [1.165, 1.54) is 11.3 Å². The van der Waals surface area contributed by atoms with E-state index in [4.69, 9.17) is 21.1 Å². The third kappa shape index (κ3) is 3.84. The van der Waals surface area contributed by atoms with Gasteiger partial charge in [0.1, 0.15) is 5.60 Å². The van der Waals surface area contributed by atoms with Crippen LogP contribution in [-0.4, -0.2) is 23.9 Å². The molecule has 0 amide bonds. The van der Waals surface area contributed by atoms with Crippen molar-refractivity contribution in [2.45, 2.75) is 25.9 Å². The highest BCUT2D eigenvalue weighted by Gasteiger charge is 2.33. The number of ether oxygens (including phenoxy) is 2. The van der Waals surface area contributed by atoms with Gasteiger partial charge in [-0.15, -0.1) is 11.3 Å². The van der Waals surface area contributed by atoms with E-state index >= 15 is 0 Å². The Labute approximate surface area is 167 Å². The fourth-order valence-electron chi connectivity index (χ4n) is 3.11. The van der Waals surface area contributed by atoms with Gasteiger partial charge in [-0.2, -0.15) is 0 Å². The van der Waals surface area contributed by atoms with Gasteiger partial charge in [-0.1, -0.05) is 23.7 Å². The first-order chi connectivity index (χ1) is 12.9. The minimum atomic E-state index is -0.218. The van der Waals surface area contributed by atoms with Crippen LogP contribution in [0.4, 0.5) is 5.13 Å². The van der Waals surface area contributed by atoms with Crippen molar-refractivity contribution >= 4 is 34.3 Å². The van der Waals surface area contributed by atoms with Gasteiger partial charge in [-0.3, -0.25) is 0 Å². The molecule has 0 radical (unpaired) electrons. The molecule has 0 saturated heterocycles. The average Bonchev–Trinajstić information content (AvgIpc) is 3.23. The standard InChI is InChI=1S/C21H19ClN2O2S/c1-21(2)10-15-8-14(9-18(25-3)19(15)26-21)17-12-27-20(24-17)23-11-13-4-6-16(22)7-5-13/h4-9,11-12H,10H2,1-3H3/b23-11+. The highest BCUT2D eigenvalue weighted by Crippen LogP contribution is 2.44. The SMILES string of the molecule is COc1cc(-c2csc(/N=C/c3ccc(Cl)cc3)n2)cc2c1OC(C)(C)C2. The summed E-state index contributed by atoms with van der Waals surface area (Å²) in [5.74, 6) is 1.58. The Kier molecular flexibility index (Phi) is 4.66. The van der Waals surface area contributed by atoms with Crippen molar-refractivity contribution in [2.75, 3.05) is 7.11 Å². The second-order valence-corrected chi connectivity index (χ2v) is 8.30. The molecule has 4 rings (SSSR count). The Morgan fingerprint density at radius 3 is 2.78 bits per heavy atom. The molecule has 0 spiro atoms. The van der Waals surface area contributed by atoms with E-state index in [2.05, 4.69) is 29.9 Å². The van der Waals surface area contributed by atoms with E-state index < -0.39 is 0 Å². The van der Waals surface area contributed by atoms with Gasteiger partial charge in [0, 0.05) is 34.2 Å². The number of benzene rings is 2. The summed E-state index contributed by atoms with van der Waals surface area (Å²) in [7, 11) is 1.66. The number of nitrogens with zero attached hydrogens (tertiary/aromatic N) is 2. The van der Waals surface area contributed by atoms with Crippen LogP contribution in [0, 0.1) is 0 Å². The monoisotopic (exact) mass is 398 g/mol. The Morgan fingerprint density at radius 1 is 1.26 bits per heavy atom. The van der Waals surface area contributed by atoms with E-state index in [-0.39, 0.29) is 5.60 Å². The summed E-state index contributed by atoms with van der Waals surface area (Å²) in [5, 5.41) is 3.42. The van der Waals surface area contributed by atoms with Crippen LogP contribution in [0.3, 0.4) is 0 Å². The van der Waals surface area contributed by atoms with Crippen LogP contribution in [0.5, 0.6) is 11.5 Å². The lowest BCUT2D eigenvalue weighted by Crippen LogP contribution is -2.24. The van der Waals surface area contributed by atoms with Crippen molar-refractivity contribution in [1.29, 1.82) is 0 Å². The lowest BCUT2D eigenvalue weighted by atomic mass is 9.99. The normalized spacial score (nSPS) is 15.0. The molecule has 4 nitrogen and oxygen atoms in total. The average molecular weight is 399 g/mol. The number of aliphatic imine (C=N–C) groups is 1. The van der Waals surface area contributed by atoms with Crippen LogP contribution in [0.2, 0.25) is 5.02 Å². The molecule has 0 N–H and O–H groups in total. The van der Waals surface area contributed by atoms with Gasteiger partial charge in [0.05, 0.1) is 12.8 Å². The molecule has 27 heavy (non-hydrogen) atoms. The molecule has 0 unspecified atom stereocenters. The second kappa shape index (κ2) is 6.98. The molecule has 1 aromatic heterocycles. The molecule has 138 valence electrons. The van der Waals surface area contributed by atoms with Gasteiger partial charge in [-0.25, -0.2) is 9.98 Å². The number of halogens is 1. The molecule has 0 fully saturated rings. The molecular formula is C21H19ClN2O2S. The first-order valence-corrected chi connectivity index (χ1v) is 9.85. The predicted molar refractivity (Wildman–Crippen MR) is 111 cm³/mol. The quantitative estimate of drug-likeness (QED) is 0.511. The first kappa shape index (κ1) is 18.0. The van der Waals surface area contributed by atoms with Gasteiger partial charge in [0.25, 0.3) is 0 Å². The topological polar surface area (TPSA) is 43.7 Å². The van der Waals surface area contributed by atoms with Crippen LogP contribution in [0.25, 0.3) is 11.3 Å². The van der Waals surface area contributed by atoms with Crippen LogP contribution in [-0.2, 0) is 6.42 Å². The number of hydrogen-bond donors (Lipinski definition) is 0. The molecule has 3 aromatic rings. The van der Waals surface area contributed by atoms with Crippen LogP contribution in [0.15, 0.2) is 46.8 Å². The molecule has 0 atom stereocenters. The second-order valence-electron chi connectivity index (χ2n) is 7.03. The summed E-state index contributed by atoms with van der Waals surface area (Å²) in [6, 6.07) is 11.6. The summed E-state index contributed by atoms with van der Waals surface area (Å²) in [6.45, 7) is 4.16. The van der Waals surface area contributed by atoms with E-state index in [0.29, 0.717) is 10.2 Å². The van der Waals surface area contributed by atoms with Crippen LogP contribution in [0.1, 0.15) is 25.0 Å². The Balaban J connectivity index is 1.61. The van der Waals surface area contributed by atoms with Gasteiger partial charge < -0.3 is 9.47 Å². The summed E-state index contributed by atoms with van der Waals surface area (Å²) in [6.07, 6.45) is 2.64. The van der Waals surface area contributed by atoms with Gasteiger partial charge in [-0.05, 0) is 43.7 Å². The summed E-state index contributed by atoms with van der Waals surface area (Å²) in [4.78, 5) is 9.12. The Morgan fingerprint density at radius 2 is 2.04 bits per heavy atom. The third-order valence-electron chi connectivity index (χ3n) is 4.33. The Bertz CT molecular complexity index is 1010. The predicted octanol–water partition coefficient (Wildman–Crippen LogP) is 5.94. The number of aromatic nitrogens is 1. The molecule has 2 heterocycles. The maximum atomic E-state index is 6.03. The van der Waals surface area contributed by atoms with E-state index in [1.54, 1.807) is 13.3 Å². The number of methoxy groups -OCH3 is 1. The summed E-state index contributed by atoms with van der Waals surface area (Å²) in [5.41, 5.74) is 3.80. The zero-order valence-corrected chi connectivity index (χ0v) is 16.9. The van der Waals surface area contributed by atoms with Crippen LogP contribution < -0.4 is 9.47 Å². The number of rotatable bonds is 4. The van der Waals surface area contributed by atoms with Crippen molar-refractivity contribution in [3.05, 3.63) is 57.9 Å². The molecule has 2 aromatic carbocycles. The van der Waals surface area contributed by atoms with Crippen molar-refractivity contribution in [2.24, 2.45) is 4.99 Å². The van der Waals surface area contributed by atoms with E-state index in [9.17, 15) is 0 Å². The van der Waals surface area contributed by atoms with Gasteiger partial charge in [0.2, 0.25) is 5.13 Å². The van der Waals surface area contributed by atoms with Gasteiger partial charge >= 0.3 is 0 Å². The maximum Gasteiger partial charge on any atom is 0.209 e. The fourth-order valence-corrected chi connectivity index (χ4v) is 3.91. The number of hydrogen-bond acceptors (Lipinski definition) is 5. The van der Waals surface area contributed by atoms with Crippen molar-refractivity contribution in [3.63, 3.8) is 0 Å². The summed E-state index contributed by atoms with van der Waals surface area (Å²) >= 11 is 7.41. The van der Waals surface area contributed by atoms with Crippen LogP contribution >= 0.6 is 22.9 Å². The van der Waals surface area contributed by atoms with Crippen molar-refractivity contribution in [3.8, 4) is 22.8 Å². The zero-order valence-electron chi connectivity index (χ0n) is 15.3. The molecule has 1 aliphatic rings. The number of fused-ring (bicyclic) bond motifs is 1. The first-order valence-electron chi connectivity index (χ1n) is 8.59. The molecular weight excluding hydrogens is 380 g/mol. The van der Waals surface area contributed by atoms with Crippen molar-refractivity contribution < 1.29 is 9.47 Å².